The van der Waals surface area contributed by atoms with Gasteiger partial charge in [-0.1, -0.05) is 53.7 Å². The van der Waals surface area contributed by atoms with Crippen LogP contribution < -0.4 is 4.90 Å². The van der Waals surface area contributed by atoms with Crippen molar-refractivity contribution < 1.29 is 4.74 Å². The SMILES string of the molecule is Cc1ccccc1-n1c(SCc2ccc(Cl)cc2)nnc1N1CCOCC1. The van der Waals surface area contributed by atoms with E-state index in [1.165, 1.54) is 11.1 Å². The van der Waals surface area contributed by atoms with Crippen LogP contribution in [0.1, 0.15) is 11.1 Å². The Hall–Kier alpha value is -2.02. The number of thioether (sulfide) groups is 1. The summed E-state index contributed by atoms with van der Waals surface area (Å²) in [5.41, 5.74) is 3.51. The van der Waals surface area contributed by atoms with Crippen molar-refractivity contribution in [2.45, 2.75) is 17.8 Å². The zero-order valence-corrected chi connectivity index (χ0v) is 16.7. The predicted molar refractivity (Wildman–Crippen MR) is 110 cm³/mol. The van der Waals surface area contributed by atoms with Gasteiger partial charge in [-0.3, -0.25) is 4.57 Å². The molecule has 0 unspecified atom stereocenters. The molecule has 27 heavy (non-hydrogen) atoms. The van der Waals surface area contributed by atoms with Gasteiger partial charge in [0.05, 0.1) is 18.9 Å². The summed E-state index contributed by atoms with van der Waals surface area (Å²) in [6.07, 6.45) is 0. The lowest BCUT2D eigenvalue weighted by Crippen LogP contribution is -2.38. The number of morpholine rings is 1. The lowest BCUT2D eigenvalue weighted by Gasteiger charge is -2.28. The summed E-state index contributed by atoms with van der Waals surface area (Å²) in [6.45, 7) is 5.20. The minimum atomic E-state index is 0.716. The summed E-state index contributed by atoms with van der Waals surface area (Å²) in [5.74, 6) is 1.69. The number of halogens is 1. The van der Waals surface area contributed by atoms with E-state index in [1.54, 1.807) is 11.8 Å². The fourth-order valence-corrected chi connectivity index (χ4v) is 4.10. The maximum absolute atomic E-state index is 5.99. The molecule has 0 atom stereocenters. The highest BCUT2D eigenvalue weighted by Gasteiger charge is 2.22. The second-order valence-corrected chi connectivity index (χ2v) is 7.80. The monoisotopic (exact) mass is 400 g/mol. The van der Waals surface area contributed by atoms with Crippen LogP contribution >= 0.6 is 23.4 Å². The van der Waals surface area contributed by atoms with E-state index in [-0.39, 0.29) is 0 Å². The quantitative estimate of drug-likeness (QED) is 0.595. The van der Waals surface area contributed by atoms with Crippen LogP contribution in [0.3, 0.4) is 0 Å². The number of hydrogen-bond donors (Lipinski definition) is 0. The fraction of sp³-hybridized carbons (Fsp3) is 0.300. The summed E-state index contributed by atoms with van der Waals surface area (Å²) in [4.78, 5) is 2.25. The van der Waals surface area contributed by atoms with Crippen molar-refractivity contribution >= 4 is 29.3 Å². The highest BCUT2D eigenvalue weighted by Crippen LogP contribution is 2.30. The van der Waals surface area contributed by atoms with Gasteiger partial charge in [0.1, 0.15) is 0 Å². The highest BCUT2D eigenvalue weighted by molar-refractivity contribution is 7.98. The van der Waals surface area contributed by atoms with Gasteiger partial charge >= 0.3 is 0 Å². The Morgan fingerprint density at radius 3 is 2.52 bits per heavy atom. The first-order valence-corrected chi connectivity index (χ1v) is 10.3. The summed E-state index contributed by atoms with van der Waals surface area (Å²) in [7, 11) is 0. The molecule has 1 aliphatic heterocycles. The first-order valence-electron chi connectivity index (χ1n) is 8.94. The van der Waals surface area contributed by atoms with Crippen molar-refractivity contribution in [1.29, 1.82) is 0 Å². The molecule has 7 heteroatoms. The molecule has 0 amide bonds. The van der Waals surface area contributed by atoms with E-state index in [1.807, 2.05) is 24.3 Å². The molecule has 0 radical (unpaired) electrons. The van der Waals surface area contributed by atoms with Crippen LogP contribution in [0.5, 0.6) is 0 Å². The third kappa shape index (κ3) is 4.13. The third-order valence-corrected chi connectivity index (χ3v) is 5.80. The van der Waals surface area contributed by atoms with Crippen LogP contribution in [-0.4, -0.2) is 41.1 Å². The molecule has 4 rings (SSSR count). The van der Waals surface area contributed by atoms with Crippen molar-refractivity contribution in [2.75, 3.05) is 31.2 Å². The summed E-state index contributed by atoms with van der Waals surface area (Å²) >= 11 is 7.67. The number of ether oxygens (including phenoxy) is 1. The molecule has 0 bridgehead atoms. The van der Waals surface area contributed by atoms with E-state index in [2.05, 4.69) is 50.9 Å². The smallest absolute Gasteiger partial charge is 0.232 e. The normalized spacial score (nSPS) is 14.5. The topological polar surface area (TPSA) is 43.2 Å². The molecule has 1 aromatic heterocycles. The molecule has 1 fully saturated rings. The first kappa shape index (κ1) is 18.3. The number of aromatic nitrogens is 3. The number of nitrogens with zero attached hydrogens (tertiary/aromatic N) is 4. The Morgan fingerprint density at radius 2 is 1.78 bits per heavy atom. The Balaban J connectivity index is 1.67. The molecule has 1 saturated heterocycles. The van der Waals surface area contributed by atoms with Gasteiger partial charge in [0.25, 0.3) is 0 Å². The van der Waals surface area contributed by atoms with E-state index < -0.39 is 0 Å². The van der Waals surface area contributed by atoms with E-state index in [0.29, 0.717) is 13.2 Å². The number of rotatable bonds is 5. The minimum absolute atomic E-state index is 0.716. The van der Waals surface area contributed by atoms with Crippen molar-refractivity contribution in [3.63, 3.8) is 0 Å². The molecular weight excluding hydrogens is 380 g/mol. The van der Waals surface area contributed by atoms with Gasteiger partial charge in [0, 0.05) is 23.9 Å². The Kier molecular flexibility index (Phi) is 5.66. The lowest BCUT2D eigenvalue weighted by atomic mass is 10.2. The molecule has 2 heterocycles. The summed E-state index contributed by atoms with van der Waals surface area (Å²) in [6, 6.07) is 16.3. The zero-order valence-electron chi connectivity index (χ0n) is 15.1. The van der Waals surface area contributed by atoms with Crippen LogP contribution in [0.4, 0.5) is 5.95 Å². The van der Waals surface area contributed by atoms with Crippen molar-refractivity contribution in [2.24, 2.45) is 0 Å². The zero-order chi connectivity index (χ0) is 18.6. The summed E-state index contributed by atoms with van der Waals surface area (Å²) < 4.78 is 7.67. The van der Waals surface area contributed by atoms with Gasteiger partial charge in [-0.2, -0.15) is 0 Å². The van der Waals surface area contributed by atoms with Gasteiger partial charge in [-0.25, -0.2) is 0 Å². The van der Waals surface area contributed by atoms with Crippen LogP contribution in [0.15, 0.2) is 53.7 Å². The lowest BCUT2D eigenvalue weighted by molar-refractivity contribution is 0.122. The van der Waals surface area contributed by atoms with Crippen LogP contribution in [-0.2, 0) is 10.5 Å². The van der Waals surface area contributed by atoms with E-state index in [4.69, 9.17) is 16.3 Å². The maximum atomic E-state index is 5.99. The van der Waals surface area contributed by atoms with Crippen LogP contribution in [0.2, 0.25) is 5.02 Å². The molecule has 0 aliphatic carbocycles. The summed E-state index contributed by atoms with van der Waals surface area (Å²) in [5, 5.41) is 10.7. The largest absolute Gasteiger partial charge is 0.378 e. The highest BCUT2D eigenvalue weighted by atomic mass is 35.5. The van der Waals surface area contributed by atoms with Gasteiger partial charge in [-0.05, 0) is 36.2 Å². The Labute approximate surface area is 168 Å². The van der Waals surface area contributed by atoms with E-state index in [9.17, 15) is 0 Å². The minimum Gasteiger partial charge on any atom is -0.378 e. The van der Waals surface area contributed by atoms with Gasteiger partial charge < -0.3 is 9.64 Å². The van der Waals surface area contributed by atoms with Gasteiger partial charge in [0.2, 0.25) is 5.95 Å². The molecule has 0 spiro atoms. The fourth-order valence-electron chi connectivity index (χ4n) is 3.08. The Morgan fingerprint density at radius 1 is 1.04 bits per heavy atom. The van der Waals surface area contributed by atoms with Crippen molar-refractivity contribution in [1.82, 2.24) is 14.8 Å². The van der Waals surface area contributed by atoms with E-state index >= 15 is 0 Å². The molecule has 5 nitrogen and oxygen atoms in total. The molecule has 2 aromatic carbocycles. The van der Waals surface area contributed by atoms with Crippen molar-refractivity contribution in [3.05, 3.63) is 64.7 Å². The number of benzene rings is 2. The van der Waals surface area contributed by atoms with E-state index in [0.717, 1.165) is 40.7 Å². The van der Waals surface area contributed by atoms with Crippen molar-refractivity contribution in [3.8, 4) is 5.69 Å². The van der Waals surface area contributed by atoms with Crippen LogP contribution in [0, 0.1) is 6.92 Å². The molecular formula is C20H21ClN4OS. The molecule has 3 aromatic rings. The average molecular weight is 401 g/mol. The van der Waals surface area contributed by atoms with Gasteiger partial charge in [0.15, 0.2) is 5.16 Å². The molecule has 1 aliphatic rings. The second-order valence-electron chi connectivity index (χ2n) is 6.42. The maximum Gasteiger partial charge on any atom is 0.232 e. The second kappa shape index (κ2) is 8.33. The third-order valence-electron chi connectivity index (χ3n) is 4.55. The van der Waals surface area contributed by atoms with Crippen LogP contribution in [0.25, 0.3) is 5.69 Å². The predicted octanol–water partition coefficient (Wildman–Crippen LogP) is 4.36. The molecule has 0 saturated carbocycles. The number of aryl methyl sites for hydroxylation is 1. The molecule has 0 N–H and O–H groups in total. The number of anilines is 1. The van der Waals surface area contributed by atoms with Gasteiger partial charge in [-0.15, -0.1) is 10.2 Å². The first-order chi connectivity index (χ1) is 13.2. The number of para-hydroxylation sites is 1. The standard InChI is InChI=1S/C20H21ClN4OS/c1-15-4-2-3-5-18(15)25-19(24-10-12-26-13-11-24)22-23-20(25)27-14-16-6-8-17(21)9-7-16/h2-9H,10-14H2,1H3. The molecule has 140 valence electrons. The Bertz CT molecular complexity index is 907. The number of hydrogen-bond acceptors (Lipinski definition) is 5. The average Bonchev–Trinajstić information content (AvgIpc) is 3.12.